The molecule has 1 aliphatic heterocycles. The zero-order chi connectivity index (χ0) is 29.8. The Morgan fingerprint density at radius 3 is 2.28 bits per heavy atom. The van der Waals surface area contributed by atoms with Crippen molar-refractivity contribution in [3.63, 3.8) is 0 Å². The van der Waals surface area contributed by atoms with Gasteiger partial charge in [0.05, 0.1) is 25.2 Å². The van der Waals surface area contributed by atoms with Gasteiger partial charge in [0.25, 0.3) is 0 Å². The van der Waals surface area contributed by atoms with E-state index in [-0.39, 0.29) is 11.9 Å². The summed E-state index contributed by atoms with van der Waals surface area (Å²) in [5, 5.41) is 7.00. The molecule has 10 heteroatoms. The number of hydrogen-bond acceptors (Lipinski definition) is 8. The van der Waals surface area contributed by atoms with Crippen LogP contribution in [0.5, 0.6) is 0 Å². The summed E-state index contributed by atoms with van der Waals surface area (Å²) in [5.74, 6) is 0.805. The highest BCUT2D eigenvalue weighted by Crippen LogP contribution is 2.34. The van der Waals surface area contributed by atoms with E-state index in [1.54, 1.807) is 28.3 Å². The molecule has 8 nitrogen and oxygen atoms in total. The van der Waals surface area contributed by atoms with E-state index >= 15 is 0 Å². The number of likely N-dealkylation sites (tertiary alicyclic amines) is 1. The van der Waals surface area contributed by atoms with Crippen LogP contribution in [-0.4, -0.2) is 90.2 Å². The summed E-state index contributed by atoms with van der Waals surface area (Å²) in [5.41, 5.74) is 7.97. The van der Waals surface area contributed by atoms with Crippen molar-refractivity contribution in [1.82, 2.24) is 18.8 Å². The first-order chi connectivity index (χ1) is 18.7. The lowest BCUT2D eigenvalue weighted by molar-refractivity contribution is -0.0128. The Bertz CT molecular complexity index is 875. The molecule has 0 spiro atoms. The van der Waals surface area contributed by atoms with Crippen LogP contribution >= 0.6 is 12.8 Å². The van der Waals surface area contributed by atoms with Crippen LogP contribution in [0.2, 0.25) is 0 Å². The highest BCUT2D eigenvalue weighted by Gasteiger charge is 2.28. The quantitative estimate of drug-likeness (QED) is 0.363. The molecule has 224 valence electrons. The molecule has 3 N–H and O–H groups in total. The van der Waals surface area contributed by atoms with Gasteiger partial charge in [-0.2, -0.15) is 0 Å². The minimum atomic E-state index is -0.128. The largest absolute Gasteiger partial charge is 0.400 e. The summed E-state index contributed by atoms with van der Waals surface area (Å²) in [7, 11) is 8.66. The molecule has 2 unspecified atom stereocenters. The predicted molar refractivity (Wildman–Crippen MR) is 162 cm³/mol. The Hall–Kier alpha value is -1.82. The summed E-state index contributed by atoms with van der Waals surface area (Å²) >= 11 is 3.80. The molecule has 0 radical (unpaired) electrons. The first-order valence-corrected chi connectivity index (χ1v) is 14.1. The molecular formula is C29H52FN5O3S. The number of piperidine rings is 1. The highest BCUT2D eigenvalue weighted by atomic mass is 32.1. The van der Waals surface area contributed by atoms with Crippen molar-refractivity contribution < 1.29 is 19.0 Å². The molecule has 1 saturated heterocycles. The average Bonchev–Trinajstić information content (AvgIpc) is 3.36. The molecule has 2 heterocycles. The van der Waals surface area contributed by atoms with Gasteiger partial charge >= 0.3 is 0 Å². The van der Waals surface area contributed by atoms with Crippen LogP contribution in [0.15, 0.2) is 36.8 Å². The van der Waals surface area contributed by atoms with Crippen molar-refractivity contribution >= 4 is 19.1 Å². The second-order valence-corrected chi connectivity index (χ2v) is 10.5. The second kappa shape index (κ2) is 21.9. The topological polar surface area (TPSA) is 96.9 Å². The summed E-state index contributed by atoms with van der Waals surface area (Å²) in [4.78, 5) is 16.1. The van der Waals surface area contributed by atoms with Crippen molar-refractivity contribution in [2.24, 2.45) is 18.7 Å². The number of carbonyl (C=O) groups excluding carboxylic acids is 1. The van der Waals surface area contributed by atoms with Crippen LogP contribution in [0.4, 0.5) is 4.39 Å². The third-order valence-corrected chi connectivity index (χ3v) is 6.51. The van der Waals surface area contributed by atoms with E-state index in [1.165, 1.54) is 12.3 Å². The Kier molecular flexibility index (Phi) is 20.9. The van der Waals surface area contributed by atoms with Crippen LogP contribution in [0.1, 0.15) is 67.9 Å². The zero-order valence-corrected chi connectivity index (χ0v) is 25.9. The first kappa shape index (κ1) is 37.2. The van der Waals surface area contributed by atoms with E-state index in [9.17, 15) is 9.18 Å². The van der Waals surface area contributed by atoms with E-state index < -0.39 is 0 Å². The van der Waals surface area contributed by atoms with Crippen molar-refractivity contribution in [2.45, 2.75) is 64.0 Å². The van der Waals surface area contributed by atoms with Gasteiger partial charge in [0.1, 0.15) is 11.5 Å². The van der Waals surface area contributed by atoms with Crippen LogP contribution in [0.3, 0.4) is 0 Å². The number of nitrogens with zero attached hydrogens (tertiary/aromatic N) is 4. The molecule has 2 aromatic rings. The number of aliphatic hydroxyl groups excluding tert-OH is 1. The summed E-state index contributed by atoms with van der Waals surface area (Å²) in [6.45, 7) is 6.91. The number of nitrogens with two attached hydrogens (primary N) is 1. The average molecular weight is 570 g/mol. The fraction of sp³-hybridized carbons (Fsp3) is 0.655. The second-order valence-electron chi connectivity index (χ2n) is 9.73. The number of thiol groups is 1. The predicted octanol–water partition coefficient (Wildman–Crippen LogP) is 4.41. The van der Waals surface area contributed by atoms with Crippen molar-refractivity contribution in [3.8, 4) is 0 Å². The maximum atomic E-state index is 13.4. The summed E-state index contributed by atoms with van der Waals surface area (Å²) in [6.07, 6.45) is 9.60. The van der Waals surface area contributed by atoms with Crippen molar-refractivity contribution in [3.05, 3.63) is 53.9 Å². The van der Waals surface area contributed by atoms with Gasteiger partial charge in [-0.3, -0.25) is 9.10 Å². The number of hydrogen-bond donors (Lipinski definition) is 3. The molecule has 2 fully saturated rings. The van der Waals surface area contributed by atoms with Crippen LogP contribution in [0.25, 0.3) is 0 Å². The number of benzene rings is 1. The SMILES string of the molecule is CC.CN(C)S.CN1CCC(N)C(COC2CCC(c3cccc(F)c3)CC2)C1.CO.Cn1cncc1C=O. The molecule has 0 bridgehead atoms. The number of aldehydes is 1. The maximum Gasteiger partial charge on any atom is 0.168 e. The molecule has 39 heavy (non-hydrogen) atoms. The molecule has 1 aliphatic carbocycles. The van der Waals surface area contributed by atoms with Gasteiger partial charge in [-0.1, -0.05) is 38.8 Å². The standard InChI is InChI=1S/C19H29FN2O.C5H6N2O.C2H7NS.C2H6.CH4O/c1-22-10-9-19(21)16(12-22)13-23-18-7-5-14(6-8-18)15-3-2-4-17(20)11-15;1-7-4-6-2-5(7)3-8;1-3(2)4;2*1-2/h2-4,11,14,16,18-19H,5-10,12-13,21H2,1H3;2-4H,1H3;4H,1-2H3;1-2H3;2H,1H3. The molecule has 1 aromatic carbocycles. The molecule has 2 aliphatic rings. The van der Waals surface area contributed by atoms with E-state index in [0.717, 1.165) is 70.8 Å². The molecule has 2 atom stereocenters. The number of rotatable bonds is 5. The third kappa shape index (κ3) is 15.5. The Labute approximate surface area is 241 Å². The lowest BCUT2D eigenvalue weighted by Gasteiger charge is -2.36. The number of aliphatic hydroxyl groups is 1. The zero-order valence-electron chi connectivity index (χ0n) is 25.0. The lowest BCUT2D eigenvalue weighted by Crippen LogP contribution is -2.47. The first-order valence-electron chi connectivity index (χ1n) is 13.7. The number of ether oxygens (including phenoxy) is 1. The van der Waals surface area contributed by atoms with Gasteiger partial charge in [-0.25, -0.2) is 9.37 Å². The van der Waals surface area contributed by atoms with Crippen LogP contribution in [-0.2, 0) is 11.8 Å². The smallest absolute Gasteiger partial charge is 0.168 e. The minimum absolute atomic E-state index is 0.128. The van der Waals surface area contributed by atoms with E-state index in [4.69, 9.17) is 15.6 Å². The number of aromatic nitrogens is 2. The van der Waals surface area contributed by atoms with Crippen molar-refractivity contribution in [1.29, 1.82) is 0 Å². The molecule has 0 amide bonds. The lowest BCUT2D eigenvalue weighted by atomic mass is 9.82. The number of carbonyl (C=O) groups is 1. The molecule has 1 saturated carbocycles. The molecule has 1 aromatic heterocycles. The van der Waals surface area contributed by atoms with E-state index in [0.29, 0.717) is 23.6 Å². The highest BCUT2D eigenvalue weighted by molar-refractivity contribution is 7.77. The minimum Gasteiger partial charge on any atom is -0.400 e. The molecule has 4 rings (SSSR count). The fourth-order valence-corrected chi connectivity index (χ4v) is 4.47. The van der Waals surface area contributed by atoms with Gasteiger partial charge in [-0.05, 0) is 83.4 Å². The van der Waals surface area contributed by atoms with Gasteiger partial charge < -0.3 is 25.0 Å². The summed E-state index contributed by atoms with van der Waals surface area (Å²) < 4.78 is 22.9. The number of imidazole rings is 1. The van der Waals surface area contributed by atoms with Gasteiger partial charge in [-0.15, -0.1) is 0 Å². The number of aryl methyl sites for hydroxylation is 1. The van der Waals surface area contributed by atoms with Gasteiger partial charge in [0, 0.05) is 32.7 Å². The van der Waals surface area contributed by atoms with Crippen LogP contribution in [0, 0.1) is 11.7 Å². The fourth-order valence-electron chi connectivity index (χ4n) is 4.47. The van der Waals surface area contributed by atoms with Crippen molar-refractivity contribution in [2.75, 3.05) is 47.9 Å². The van der Waals surface area contributed by atoms with E-state index in [1.807, 2.05) is 40.1 Å². The van der Waals surface area contributed by atoms with Gasteiger partial charge in [0.2, 0.25) is 0 Å². The monoisotopic (exact) mass is 569 g/mol. The van der Waals surface area contributed by atoms with Gasteiger partial charge in [0.15, 0.2) is 6.29 Å². The normalized spacial score (nSPS) is 22.5. The Balaban J connectivity index is 0.000000745. The Morgan fingerprint density at radius 2 is 1.79 bits per heavy atom. The maximum absolute atomic E-state index is 13.4. The van der Waals surface area contributed by atoms with Crippen LogP contribution < -0.4 is 5.73 Å². The Morgan fingerprint density at radius 1 is 1.18 bits per heavy atom. The third-order valence-electron chi connectivity index (χ3n) is 6.51. The number of halogens is 1. The molecular weight excluding hydrogens is 517 g/mol. The summed E-state index contributed by atoms with van der Waals surface area (Å²) in [6, 6.07) is 7.33. The van der Waals surface area contributed by atoms with E-state index in [2.05, 4.69) is 29.7 Å².